The number of alkyl halides is 3. The summed E-state index contributed by atoms with van der Waals surface area (Å²) >= 11 is 0. The molecule has 0 fully saturated rings. The molecule has 1 aliphatic heterocycles. The summed E-state index contributed by atoms with van der Waals surface area (Å²) in [5.41, 5.74) is 1.49. The topological polar surface area (TPSA) is 82.2 Å². The number of hydrogen-bond donors (Lipinski definition) is 0. The number of rotatable bonds is 7. The number of hydrogen-bond acceptors (Lipinski definition) is 8. The van der Waals surface area contributed by atoms with E-state index in [4.69, 9.17) is 14.1 Å². The summed E-state index contributed by atoms with van der Waals surface area (Å²) < 4.78 is 51.3. The number of halogens is 3. The van der Waals surface area contributed by atoms with Crippen LogP contribution in [0, 0.1) is 0 Å². The lowest BCUT2D eigenvalue weighted by Gasteiger charge is -2.12. The van der Waals surface area contributed by atoms with Gasteiger partial charge in [0.15, 0.2) is 13.0 Å². The molecular weight excluding hydrogens is 405 g/mol. The molecule has 0 N–H and O–H groups in total. The van der Waals surface area contributed by atoms with Gasteiger partial charge in [-0.3, -0.25) is 0 Å². The number of ether oxygens (including phenoxy) is 2. The van der Waals surface area contributed by atoms with Crippen molar-refractivity contribution >= 4 is 6.40 Å². The minimum absolute atomic E-state index is 0.0706. The van der Waals surface area contributed by atoms with E-state index in [1.165, 1.54) is 30.7 Å². The summed E-state index contributed by atoms with van der Waals surface area (Å²) in [5.74, 6) is 0.751. The molecule has 1 aliphatic rings. The van der Waals surface area contributed by atoms with E-state index in [0.29, 0.717) is 30.4 Å². The Morgan fingerprint density at radius 2 is 1.73 bits per heavy atom. The second-order valence-electron chi connectivity index (χ2n) is 6.20. The fourth-order valence-electron chi connectivity index (χ4n) is 2.62. The van der Waals surface area contributed by atoms with Crippen molar-refractivity contribution in [1.82, 2.24) is 15.2 Å². The molecule has 0 radical (unpaired) electrons. The zero-order valence-electron chi connectivity index (χ0n) is 15.4. The lowest BCUT2D eigenvalue weighted by molar-refractivity contribution is -0.274. The number of benzene rings is 2. The van der Waals surface area contributed by atoms with Gasteiger partial charge in [0.1, 0.15) is 18.2 Å². The monoisotopic (exact) mass is 420 g/mol. The summed E-state index contributed by atoms with van der Waals surface area (Å²) in [5, 5.41) is 5.52. The van der Waals surface area contributed by atoms with E-state index in [1.807, 2.05) is 24.3 Å². The molecule has 0 atom stereocenters. The van der Waals surface area contributed by atoms with Crippen LogP contribution in [0.15, 0.2) is 58.0 Å². The Morgan fingerprint density at radius 3 is 2.40 bits per heavy atom. The van der Waals surface area contributed by atoms with E-state index in [9.17, 15) is 13.2 Å². The SMILES string of the molecule is FC(F)(F)Oc1ccc(-c2nc(COc3ccc(CN4CN=CO4)cc3)no2)cc1. The van der Waals surface area contributed by atoms with Crippen LogP contribution >= 0.6 is 0 Å². The van der Waals surface area contributed by atoms with E-state index in [-0.39, 0.29) is 18.2 Å². The molecule has 11 heteroatoms. The van der Waals surface area contributed by atoms with Gasteiger partial charge in [0.2, 0.25) is 5.82 Å². The van der Waals surface area contributed by atoms with Gasteiger partial charge < -0.3 is 18.8 Å². The van der Waals surface area contributed by atoms with Crippen LogP contribution in [0.4, 0.5) is 13.2 Å². The lowest BCUT2D eigenvalue weighted by Crippen LogP contribution is -2.17. The van der Waals surface area contributed by atoms with Gasteiger partial charge >= 0.3 is 6.36 Å². The molecule has 0 bridgehead atoms. The Labute approximate surface area is 168 Å². The number of aromatic nitrogens is 2. The maximum atomic E-state index is 12.2. The lowest BCUT2D eigenvalue weighted by atomic mass is 10.2. The first kappa shape index (κ1) is 19.7. The summed E-state index contributed by atoms with van der Waals surface area (Å²) in [4.78, 5) is 13.3. The predicted octanol–water partition coefficient (Wildman–Crippen LogP) is 3.95. The van der Waals surface area contributed by atoms with Gasteiger partial charge in [-0.1, -0.05) is 17.3 Å². The molecule has 2 heterocycles. The van der Waals surface area contributed by atoms with Crippen LogP contribution < -0.4 is 9.47 Å². The van der Waals surface area contributed by atoms with Crippen molar-refractivity contribution in [2.45, 2.75) is 19.5 Å². The van der Waals surface area contributed by atoms with Crippen LogP contribution in [0.2, 0.25) is 0 Å². The Hall–Kier alpha value is -3.60. The van der Waals surface area contributed by atoms with Crippen LogP contribution in [0.3, 0.4) is 0 Å². The molecule has 0 unspecified atom stereocenters. The van der Waals surface area contributed by atoms with Gasteiger partial charge in [0, 0.05) is 5.56 Å². The second-order valence-corrected chi connectivity index (χ2v) is 6.20. The highest BCUT2D eigenvalue weighted by Gasteiger charge is 2.31. The predicted molar refractivity (Wildman–Crippen MR) is 97.2 cm³/mol. The van der Waals surface area contributed by atoms with Crippen LogP contribution in [-0.2, 0) is 18.0 Å². The van der Waals surface area contributed by atoms with E-state index >= 15 is 0 Å². The van der Waals surface area contributed by atoms with Gasteiger partial charge in [0.05, 0.1) is 6.54 Å². The highest BCUT2D eigenvalue weighted by molar-refractivity contribution is 5.54. The molecule has 0 spiro atoms. The van der Waals surface area contributed by atoms with Crippen molar-refractivity contribution < 1.29 is 32.0 Å². The molecule has 4 rings (SSSR count). The van der Waals surface area contributed by atoms with Crippen LogP contribution in [0.25, 0.3) is 11.5 Å². The summed E-state index contributed by atoms with van der Waals surface area (Å²) in [7, 11) is 0. The zero-order chi connectivity index (χ0) is 21.0. The molecule has 0 aliphatic carbocycles. The molecule has 30 heavy (non-hydrogen) atoms. The molecule has 156 valence electrons. The van der Waals surface area contributed by atoms with Crippen molar-refractivity contribution in [2.75, 3.05) is 6.67 Å². The zero-order valence-corrected chi connectivity index (χ0v) is 15.4. The molecule has 8 nitrogen and oxygen atoms in total. The highest BCUT2D eigenvalue weighted by Crippen LogP contribution is 2.26. The van der Waals surface area contributed by atoms with Gasteiger partial charge in [-0.05, 0) is 42.0 Å². The van der Waals surface area contributed by atoms with Crippen molar-refractivity contribution in [3.8, 4) is 23.0 Å². The van der Waals surface area contributed by atoms with Crippen molar-refractivity contribution in [3.05, 3.63) is 59.9 Å². The third-order valence-corrected chi connectivity index (χ3v) is 3.96. The molecule has 3 aromatic rings. The Morgan fingerprint density at radius 1 is 1.00 bits per heavy atom. The van der Waals surface area contributed by atoms with Gasteiger partial charge in [-0.25, -0.2) is 4.99 Å². The second kappa shape index (κ2) is 8.41. The first-order chi connectivity index (χ1) is 14.4. The standard InChI is InChI=1S/C19H15F3N4O4/c20-19(21,22)29-16-7-3-14(4-8-16)18-24-17(25-30-18)10-27-15-5-1-13(2-6-15)9-26-11-23-12-28-26/h1-8,12H,9-11H2. The van der Waals surface area contributed by atoms with Crippen LogP contribution in [-0.4, -0.2) is 34.6 Å². The van der Waals surface area contributed by atoms with E-state index in [2.05, 4.69) is 19.9 Å². The first-order valence-electron chi connectivity index (χ1n) is 8.75. The van der Waals surface area contributed by atoms with E-state index in [1.54, 1.807) is 5.06 Å². The van der Waals surface area contributed by atoms with E-state index < -0.39 is 6.36 Å². The van der Waals surface area contributed by atoms with E-state index in [0.717, 1.165) is 5.56 Å². The Balaban J connectivity index is 1.31. The van der Waals surface area contributed by atoms with Crippen LogP contribution in [0.5, 0.6) is 11.5 Å². The number of hydroxylamine groups is 2. The maximum Gasteiger partial charge on any atom is 0.573 e. The maximum absolute atomic E-state index is 12.2. The number of aliphatic imine (C=N–C) groups is 1. The largest absolute Gasteiger partial charge is 0.573 e. The molecule has 0 saturated heterocycles. The highest BCUT2D eigenvalue weighted by atomic mass is 19.4. The van der Waals surface area contributed by atoms with Gasteiger partial charge in [-0.2, -0.15) is 4.98 Å². The molecule has 0 saturated carbocycles. The minimum atomic E-state index is -4.74. The number of nitrogens with zero attached hydrogens (tertiary/aromatic N) is 4. The normalized spacial score (nSPS) is 14.0. The fourth-order valence-corrected chi connectivity index (χ4v) is 2.62. The smallest absolute Gasteiger partial charge is 0.485 e. The van der Waals surface area contributed by atoms with Crippen LogP contribution in [0.1, 0.15) is 11.4 Å². The molecule has 0 amide bonds. The van der Waals surface area contributed by atoms with Crippen molar-refractivity contribution in [1.29, 1.82) is 0 Å². The first-order valence-corrected chi connectivity index (χ1v) is 8.75. The summed E-state index contributed by atoms with van der Waals surface area (Å²) in [6.45, 7) is 1.17. The molecule has 1 aromatic heterocycles. The Bertz CT molecular complexity index is 996. The van der Waals surface area contributed by atoms with Crippen molar-refractivity contribution in [3.63, 3.8) is 0 Å². The summed E-state index contributed by atoms with van der Waals surface area (Å²) in [6, 6.07) is 12.6. The minimum Gasteiger partial charge on any atom is -0.485 e. The summed E-state index contributed by atoms with van der Waals surface area (Å²) in [6.07, 6.45) is -3.34. The third-order valence-electron chi connectivity index (χ3n) is 3.96. The Kier molecular flexibility index (Phi) is 5.53. The third kappa shape index (κ3) is 5.26. The fraction of sp³-hybridized carbons (Fsp3) is 0.211. The molecular formula is C19H15F3N4O4. The average Bonchev–Trinajstić information content (AvgIpc) is 3.39. The van der Waals surface area contributed by atoms with Gasteiger partial charge in [-0.15, -0.1) is 18.2 Å². The van der Waals surface area contributed by atoms with Crippen molar-refractivity contribution in [2.24, 2.45) is 4.99 Å². The van der Waals surface area contributed by atoms with Gasteiger partial charge in [0.25, 0.3) is 5.89 Å². The molecule has 2 aromatic carbocycles. The average molecular weight is 420 g/mol. The quantitative estimate of drug-likeness (QED) is 0.572.